The number of H-pyrrole nitrogens is 1. The minimum absolute atomic E-state index is 0.00513. The fourth-order valence-electron chi connectivity index (χ4n) is 3.40. The van der Waals surface area contributed by atoms with E-state index in [4.69, 9.17) is 23.3 Å². The Kier molecular flexibility index (Phi) is 8.48. The summed E-state index contributed by atoms with van der Waals surface area (Å²) in [6, 6.07) is 5.59. The molecule has 2 N–H and O–H groups in total. The number of ether oxygens (including phenoxy) is 3. The molecule has 1 aliphatic heterocycles. The van der Waals surface area contributed by atoms with Crippen molar-refractivity contribution in [3.63, 3.8) is 0 Å². The number of aryl methyl sites for hydroxylation is 1. The Morgan fingerprint density at radius 2 is 2.03 bits per heavy atom. The van der Waals surface area contributed by atoms with Gasteiger partial charge in [-0.2, -0.15) is 5.09 Å². The third-order valence-electron chi connectivity index (χ3n) is 5.65. The van der Waals surface area contributed by atoms with Crippen molar-refractivity contribution in [2.24, 2.45) is 0 Å². The normalized spacial score (nSPS) is 22.4. The van der Waals surface area contributed by atoms with E-state index >= 15 is 0 Å². The van der Waals surface area contributed by atoms with Crippen LogP contribution in [0.25, 0.3) is 0 Å². The number of aromatic nitrogens is 2. The summed E-state index contributed by atoms with van der Waals surface area (Å²) in [6.07, 6.45) is 2.03. The first kappa shape index (κ1) is 26.8. The van der Waals surface area contributed by atoms with Crippen LogP contribution in [-0.2, 0) is 28.1 Å². The summed E-state index contributed by atoms with van der Waals surface area (Å²) < 4.78 is 43.4. The Bertz CT molecular complexity index is 1240. The summed E-state index contributed by atoms with van der Waals surface area (Å²) in [5, 5.41) is 2.62. The van der Waals surface area contributed by atoms with Gasteiger partial charge < -0.3 is 18.7 Å². The van der Waals surface area contributed by atoms with Crippen LogP contribution < -0.4 is 20.9 Å². The molecule has 0 radical (unpaired) electrons. The second-order valence-electron chi connectivity index (χ2n) is 8.51. The van der Waals surface area contributed by atoms with Gasteiger partial charge in [-0.15, -0.1) is 0 Å². The molecule has 2 heterocycles. The van der Waals surface area contributed by atoms with E-state index < -0.39 is 43.5 Å². The van der Waals surface area contributed by atoms with E-state index in [0.29, 0.717) is 5.56 Å². The van der Waals surface area contributed by atoms with Crippen LogP contribution in [-0.4, -0.2) is 47.2 Å². The van der Waals surface area contributed by atoms with Crippen molar-refractivity contribution in [3.05, 3.63) is 61.3 Å². The van der Waals surface area contributed by atoms with Gasteiger partial charge in [-0.3, -0.25) is 23.7 Å². The van der Waals surface area contributed by atoms with Crippen LogP contribution in [0.5, 0.6) is 5.75 Å². The van der Waals surface area contributed by atoms with Gasteiger partial charge in [0.1, 0.15) is 24.5 Å². The molecule has 1 aliphatic carbocycles. The van der Waals surface area contributed by atoms with Gasteiger partial charge in [0.2, 0.25) is 0 Å². The number of carbonyl (C=O) groups is 1. The van der Waals surface area contributed by atoms with Crippen molar-refractivity contribution in [1.82, 2.24) is 14.6 Å². The lowest BCUT2D eigenvalue weighted by molar-refractivity contribution is -0.154. The number of carbonyl (C=O) groups excluding carboxylic acids is 1. The molecule has 12 nitrogen and oxygen atoms in total. The predicted octanol–water partition coefficient (Wildman–Crippen LogP) is 2.76. The lowest BCUT2D eigenvalue weighted by Crippen LogP contribution is -2.38. The van der Waals surface area contributed by atoms with E-state index in [0.717, 1.165) is 23.7 Å². The maximum atomic E-state index is 13.6. The van der Waals surface area contributed by atoms with Crippen LogP contribution in [0.1, 0.15) is 38.0 Å². The highest BCUT2D eigenvalue weighted by Crippen LogP contribution is 2.45. The number of esters is 1. The van der Waals surface area contributed by atoms with Crippen molar-refractivity contribution in [2.45, 2.75) is 57.8 Å². The number of benzene rings is 1. The van der Waals surface area contributed by atoms with Gasteiger partial charge >= 0.3 is 19.4 Å². The molecule has 1 aromatic heterocycles. The third-order valence-corrected chi connectivity index (χ3v) is 7.82. The van der Waals surface area contributed by atoms with Crippen molar-refractivity contribution in [3.8, 4) is 5.75 Å². The highest BCUT2D eigenvalue weighted by Gasteiger charge is 2.37. The highest BCUT2D eigenvalue weighted by molar-refractivity contribution is 9.10. The van der Waals surface area contributed by atoms with Gasteiger partial charge in [-0.25, -0.2) is 9.36 Å². The van der Waals surface area contributed by atoms with Gasteiger partial charge in [-0.1, -0.05) is 15.9 Å². The van der Waals surface area contributed by atoms with Gasteiger partial charge in [0, 0.05) is 16.2 Å². The lowest BCUT2D eigenvalue weighted by atomic mass is 9.96. The summed E-state index contributed by atoms with van der Waals surface area (Å²) >= 11 is 3.32. The van der Waals surface area contributed by atoms with Crippen LogP contribution in [0, 0.1) is 6.92 Å². The zero-order valence-corrected chi connectivity index (χ0v) is 22.2. The van der Waals surface area contributed by atoms with E-state index in [1.54, 1.807) is 31.2 Å². The Labute approximate surface area is 214 Å². The molecule has 0 amide bonds. The molecule has 0 spiro atoms. The van der Waals surface area contributed by atoms with Gasteiger partial charge in [0.25, 0.3) is 5.56 Å². The van der Waals surface area contributed by atoms with Crippen molar-refractivity contribution in [1.29, 1.82) is 0 Å². The number of hydrogen-bond acceptors (Lipinski definition) is 9. The SMILES string of the molecule is Cc1cn([C@H]2CO[C@@H](COP(=O)(N[C@@H](C)C(=O)OC3CCC3)Oc3ccc(Br)cc3)O2)c(=O)[nH]c1=O. The molecule has 36 heavy (non-hydrogen) atoms. The first-order chi connectivity index (χ1) is 17.1. The van der Waals surface area contributed by atoms with Crippen molar-refractivity contribution >= 4 is 29.6 Å². The topological polar surface area (TPSA) is 147 Å². The minimum Gasteiger partial charge on any atom is -0.461 e. The van der Waals surface area contributed by atoms with E-state index in [9.17, 15) is 18.9 Å². The zero-order valence-electron chi connectivity index (χ0n) is 19.7. The molecule has 4 rings (SSSR count). The molecular formula is C22H27BrN3O9P. The molecule has 1 saturated heterocycles. The molecule has 4 atom stereocenters. The van der Waals surface area contributed by atoms with E-state index in [2.05, 4.69) is 26.0 Å². The monoisotopic (exact) mass is 587 g/mol. The predicted molar refractivity (Wildman–Crippen MR) is 131 cm³/mol. The molecular weight excluding hydrogens is 561 g/mol. The average Bonchev–Trinajstić information content (AvgIpc) is 3.27. The largest absolute Gasteiger partial charge is 0.461 e. The summed E-state index contributed by atoms with van der Waals surface area (Å²) in [6.45, 7) is 2.73. The first-order valence-electron chi connectivity index (χ1n) is 11.4. The number of rotatable bonds is 10. The minimum atomic E-state index is -4.11. The van der Waals surface area contributed by atoms with Gasteiger partial charge in [0.15, 0.2) is 12.5 Å². The van der Waals surface area contributed by atoms with Crippen LogP contribution >= 0.6 is 23.7 Å². The number of hydrogen-bond donors (Lipinski definition) is 2. The van der Waals surface area contributed by atoms with Crippen LogP contribution in [0.3, 0.4) is 0 Å². The molecule has 1 saturated carbocycles. The summed E-state index contributed by atoms with van der Waals surface area (Å²) in [4.78, 5) is 38.4. The van der Waals surface area contributed by atoms with Gasteiger partial charge in [-0.05, 0) is 57.4 Å². The van der Waals surface area contributed by atoms with Crippen LogP contribution in [0.4, 0.5) is 0 Å². The summed E-state index contributed by atoms with van der Waals surface area (Å²) in [5.41, 5.74) is -0.806. The molecule has 2 aliphatic rings. The standard InChI is InChI=1S/C22H27BrN3O9P/c1-13-10-26(22(29)24-20(13)27)18-11-31-19(34-18)12-32-36(30,35-17-8-6-15(23)7-9-17)25-14(2)21(28)33-16-4-3-5-16/h6-10,14,16,18-19H,3-5,11-12H2,1-2H3,(H,25,30)(H,24,27,29)/t14-,18+,19+,36?/m0/s1. The second kappa shape index (κ2) is 11.4. The Balaban J connectivity index is 1.42. The number of nitrogens with zero attached hydrogens (tertiary/aromatic N) is 1. The number of halogens is 1. The lowest BCUT2D eigenvalue weighted by Gasteiger charge is -2.28. The van der Waals surface area contributed by atoms with Crippen molar-refractivity contribution in [2.75, 3.05) is 13.2 Å². The molecule has 1 unspecified atom stereocenters. The molecule has 14 heteroatoms. The van der Waals surface area contributed by atoms with Gasteiger partial charge in [0.05, 0.1) is 6.61 Å². The average molecular weight is 588 g/mol. The maximum absolute atomic E-state index is 13.6. The van der Waals surface area contributed by atoms with E-state index in [1.165, 1.54) is 17.7 Å². The van der Waals surface area contributed by atoms with Crippen LogP contribution in [0.15, 0.2) is 44.5 Å². The Morgan fingerprint density at radius 1 is 1.31 bits per heavy atom. The van der Waals surface area contributed by atoms with E-state index in [1.807, 2.05) is 0 Å². The fraction of sp³-hybridized carbons (Fsp3) is 0.500. The third kappa shape index (κ3) is 6.72. The zero-order chi connectivity index (χ0) is 25.9. The van der Waals surface area contributed by atoms with Crippen molar-refractivity contribution < 1.29 is 32.6 Å². The molecule has 1 aromatic carbocycles. The molecule has 2 fully saturated rings. The first-order valence-corrected chi connectivity index (χ1v) is 13.7. The maximum Gasteiger partial charge on any atom is 0.459 e. The molecule has 196 valence electrons. The number of nitrogens with one attached hydrogen (secondary N) is 2. The highest BCUT2D eigenvalue weighted by atomic mass is 79.9. The smallest absolute Gasteiger partial charge is 0.459 e. The van der Waals surface area contributed by atoms with Crippen LogP contribution in [0.2, 0.25) is 0 Å². The Hall–Kier alpha value is -2.28. The quantitative estimate of drug-likeness (QED) is 0.314. The number of aromatic amines is 1. The van der Waals surface area contributed by atoms with E-state index in [-0.39, 0.29) is 25.1 Å². The second-order valence-corrected chi connectivity index (χ2v) is 11.1. The fourth-order valence-corrected chi connectivity index (χ4v) is 5.15. The summed E-state index contributed by atoms with van der Waals surface area (Å²) in [7, 11) is -4.11. The summed E-state index contributed by atoms with van der Waals surface area (Å²) in [5.74, 6) is -0.320. The Morgan fingerprint density at radius 3 is 2.69 bits per heavy atom. The molecule has 2 aromatic rings. The molecule has 0 bridgehead atoms.